The second-order valence-electron chi connectivity index (χ2n) is 17.2. The number of aromatic nitrogens is 5. The van der Waals surface area contributed by atoms with Crippen molar-refractivity contribution in [3.8, 4) is 89.3 Å². The second kappa shape index (κ2) is 18.1. The van der Waals surface area contributed by atoms with Gasteiger partial charge < -0.3 is 15.0 Å². The molecule has 6 heteroatoms. The standard InChI is InChI=1S/C64H38N5.Ir/c1-4-17-53(50(14-1)42-25-29-44(30-26-42)59-21-9-11-35-65-59)47-38-48(54-18-5-2-15-51(54)43-27-31-45(32-28-43)60-22-10-12-36-66-60)40-49(39-47)55-19-6-3-16-52(55)46-33-34-56-58(41-46)64-57-20-7-8-23-61(57)68-69(64)62-24-13-37-67-63(56)62;/h1-29,31,33,35-41H;/q-3;+3. The minimum atomic E-state index is 0. The summed E-state index contributed by atoms with van der Waals surface area (Å²) in [5.41, 5.74) is 20.7. The van der Waals surface area contributed by atoms with Crippen molar-refractivity contribution in [2.75, 3.05) is 0 Å². The van der Waals surface area contributed by atoms with Crippen LogP contribution in [0.4, 0.5) is 0 Å². The van der Waals surface area contributed by atoms with Crippen molar-refractivity contribution in [3.05, 3.63) is 249 Å². The van der Waals surface area contributed by atoms with Gasteiger partial charge in [-0.05, 0) is 93.3 Å². The molecule has 5 aromatic heterocycles. The molecule has 328 valence electrons. The van der Waals surface area contributed by atoms with Gasteiger partial charge in [-0.25, -0.2) is 4.52 Å². The fourth-order valence-corrected chi connectivity index (χ4v) is 9.86. The van der Waals surface area contributed by atoms with Crippen LogP contribution in [0.25, 0.3) is 128 Å². The maximum Gasteiger partial charge on any atom is 3.00 e. The minimum Gasteiger partial charge on any atom is -0.305 e. The smallest absolute Gasteiger partial charge is 0.305 e. The molecule has 0 atom stereocenters. The first kappa shape index (κ1) is 42.7. The SMILES string of the molecule is [Ir+3].[c-]1cc(-c2ccccc2-c2cc(-c3ccccc3-c3c[c-]c(-c4ccccn4)cc3)cc(-c3ccccc3-c3c[c-]c4c(c3)c3c5ccccc5nn3c3cccnc43)c2)ccc1-c1ccccn1. The van der Waals surface area contributed by atoms with Crippen LogP contribution >= 0.6 is 0 Å². The van der Waals surface area contributed by atoms with E-state index in [4.69, 9.17) is 10.1 Å². The summed E-state index contributed by atoms with van der Waals surface area (Å²) in [6, 6.07) is 85.4. The molecule has 5 heterocycles. The van der Waals surface area contributed by atoms with E-state index in [0.717, 1.165) is 128 Å². The van der Waals surface area contributed by atoms with E-state index in [1.165, 1.54) is 0 Å². The average Bonchev–Trinajstić information content (AvgIpc) is 3.84. The second-order valence-corrected chi connectivity index (χ2v) is 17.2. The molecular weight excluding hydrogens is 1030 g/mol. The summed E-state index contributed by atoms with van der Waals surface area (Å²) in [5, 5.41) is 8.20. The van der Waals surface area contributed by atoms with Crippen molar-refractivity contribution in [2.24, 2.45) is 0 Å². The van der Waals surface area contributed by atoms with Gasteiger partial charge in [0, 0.05) is 40.5 Å². The van der Waals surface area contributed by atoms with Crippen LogP contribution in [0, 0.1) is 18.2 Å². The maximum absolute atomic E-state index is 5.09. The van der Waals surface area contributed by atoms with E-state index in [0.29, 0.717) is 0 Å². The quantitative estimate of drug-likeness (QED) is 0.112. The van der Waals surface area contributed by atoms with E-state index in [-0.39, 0.29) is 20.1 Å². The zero-order chi connectivity index (χ0) is 45.7. The Labute approximate surface area is 418 Å². The van der Waals surface area contributed by atoms with E-state index in [1.54, 1.807) is 0 Å². The van der Waals surface area contributed by atoms with Crippen molar-refractivity contribution in [2.45, 2.75) is 0 Å². The molecule has 5 nitrogen and oxygen atoms in total. The van der Waals surface area contributed by atoms with E-state index in [1.807, 2.05) is 67.1 Å². The number of hydrogen-bond donors (Lipinski definition) is 0. The largest absolute Gasteiger partial charge is 3.00 e. The Kier molecular flexibility index (Phi) is 11.0. The molecule has 0 aliphatic carbocycles. The molecule has 13 rings (SSSR count). The van der Waals surface area contributed by atoms with E-state index < -0.39 is 0 Å². The fourth-order valence-electron chi connectivity index (χ4n) is 9.86. The zero-order valence-corrected chi connectivity index (χ0v) is 39.9. The Balaban J connectivity index is 0.00000505. The van der Waals surface area contributed by atoms with Crippen LogP contribution in [0.15, 0.2) is 231 Å². The molecule has 0 radical (unpaired) electrons. The third-order valence-corrected chi connectivity index (χ3v) is 13.1. The van der Waals surface area contributed by atoms with Gasteiger partial charge in [-0.15, -0.1) is 83.2 Å². The maximum atomic E-state index is 5.09. The molecule has 0 saturated carbocycles. The Morgan fingerprint density at radius 2 is 0.829 bits per heavy atom. The van der Waals surface area contributed by atoms with Crippen LogP contribution in [-0.4, -0.2) is 24.6 Å². The first-order valence-electron chi connectivity index (χ1n) is 23.0. The van der Waals surface area contributed by atoms with Gasteiger partial charge >= 0.3 is 20.1 Å². The number of benzene rings is 8. The molecule has 0 unspecified atom stereocenters. The third kappa shape index (κ3) is 7.57. The van der Waals surface area contributed by atoms with Crippen molar-refractivity contribution in [3.63, 3.8) is 0 Å². The van der Waals surface area contributed by atoms with Crippen LogP contribution in [0.1, 0.15) is 0 Å². The average molecular weight is 1070 g/mol. The van der Waals surface area contributed by atoms with Gasteiger partial charge in [-0.2, -0.15) is 5.10 Å². The van der Waals surface area contributed by atoms with Gasteiger partial charge in [0.1, 0.15) is 0 Å². The van der Waals surface area contributed by atoms with E-state index >= 15 is 0 Å². The molecule has 0 amide bonds. The molecule has 0 N–H and O–H groups in total. The molecule has 0 saturated heterocycles. The van der Waals surface area contributed by atoms with Crippen molar-refractivity contribution in [1.29, 1.82) is 0 Å². The third-order valence-electron chi connectivity index (χ3n) is 13.1. The molecule has 0 spiro atoms. The monoisotopic (exact) mass is 1070 g/mol. The number of nitrogens with zero attached hydrogens (tertiary/aromatic N) is 5. The van der Waals surface area contributed by atoms with Crippen LogP contribution in [0.2, 0.25) is 0 Å². The zero-order valence-electron chi connectivity index (χ0n) is 37.5. The molecule has 0 bridgehead atoms. The van der Waals surface area contributed by atoms with Crippen molar-refractivity contribution >= 4 is 38.2 Å². The first-order chi connectivity index (χ1) is 34.2. The Morgan fingerprint density at radius 3 is 1.34 bits per heavy atom. The molecule has 70 heavy (non-hydrogen) atoms. The number of pyridine rings is 4. The molecule has 8 aromatic carbocycles. The summed E-state index contributed by atoms with van der Waals surface area (Å²) in [6.45, 7) is 0. The number of rotatable bonds is 8. The molecule has 0 aliphatic heterocycles. The molecule has 13 aromatic rings. The van der Waals surface area contributed by atoms with E-state index in [2.05, 4.69) is 196 Å². The number of hydrogen-bond acceptors (Lipinski definition) is 4. The Morgan fingerprint density at radius 1 is 0.357 bits per heavy atom. The van der Waals surface area contributed by atoms with Gasteiger partial charge in [-0.1, -0.05) is 154 Å². The minimum absolute atomic E-state index is 0. The molecular formula is C64H38IrN5. The Bertz CT molecular complexity index is 3910. The van der Waals surface area contributed by atoms with Gasteiger partial charge in [0.15, 0.2) is 0 Å². The van der Waals surface area contributed by atoms with Crippen LogP contribution in [-0.2, 0) is 20.1 Å². The molecule has 0 aliphatic rings. The summed E-state index contributed by atoms with van der Waals surface area (Å²) in [5.74, 6) is 0. The fraction of sp³-hybridized carbons (Fsp3) is 0. The topological polar surface area (TPSA) is 56.0 Å². The van der Waals surface area contributed by atoms with Crippen LogP contribution in [0.5, 0.6) is 0 Å². The summed E-state index contributed by atoms with van der Waals surface area (Å²) in [6.07, 6.45) is 5.49. The summed E-state index contributed by atoms with van der Waals surface area (Å²) in [4.78, 5) is 14.0. The van der Waals surface area contributed by atoms with Gasteiger partial charge in [-0.3, -0.25) is 0 Å². The summed E-state index contributed by atoms with van der Waals surface area (Å²) in [7, 11) is 0. The van der Waals surface area contributed by atoms with Gasteiger partial charge in [0.25, 0.3) is 0 Å². The number of fused-ring (bicyclic) bond motifs is 8. The predicted molar refractivity (Wildman–Crippen MR) is 281 cm³/mol. The molecule has 0 fully saturated rings. The first-order valence-corrected chi connectivity index (χ1v) is 23.0. The normalized spacial score (nSPS) is 11.3. The van der Waals surface area contributed by atoms with Crippen LogP contribution < -0.4 is 0 Å². The Hall–Kier alpha value is -8.67. The van der Waals surface area contributed by atoms with Crippen molar-refractivity contribution in [1.82, 2.24) is 24.6 Å². The van der Waals surface area contributed by atoms with Gasteiger partial charge in [0.2, 0.25) is 0 Å². The summed E-state index contributed by atoms with van der Waals surface area (Å²) >= 11 is 0. The van der Waals surface area contributed by atoms with Crippen LogP contribution in [0.3, 0.4) is 0 Å². The van der Waals surface area contributed by atoms with E-state index in [9.17, 15) is 0 Å². The van der Waals surface area contributed by atoms with Crippen molar-refractivity contribution < 1.29 is 20.1 Å². The summed E-state index contributed by atoms with van der Waals surface area (Å²) < 4.78 is 2.05. The van der Waals surface area contributed by atoms with Gasteiger partial charge in [0.05, 0.1) is 5.52 Å². The predicted octanol–water partition coefficient (Wildman–Crippen LogP) is 15.7.